The van der Waals surface area contributed by atoms with Crippen molar-refractivity contribution in [3.05, 3.63) is 33.5 Å². The van der Waals surface area contributed by atoms with Gasteiger partial charge in [0.15, 0.2) is 5.75 Å². The van der Waals surface area contributed by atoms with E-state index in [1.807, 2.05) is 0 Å². The van der Waals surface area contributed by atoms with Crippen LogP contribution in [0.1, 0.15) is 55.8 Å². The molecule has 110 valence electrons. The van der Waals surface area contributed by atoms with Crippen LogP contribution in [0.15, 0.2) is 16.9 Å². The molecule has 4 nitrogen and oxygen atoms in total. The predicted molar refractivity (Wildman–Crippen MR) is 76.9 cm³/mol. The Labute approximate surface area is 118 Å². The first-order valence-electron chi connectivity index (χ1n) is 7.24. The molecule has 0 radical (unpaired) electrons. The van der Waals surface area contributed by atoms with Crippen LogP contribution >= 0.6 is 0 Å². The van der Waals surface area contributed by atoms with E-state index in [2.05, 4.69) is 0 Å². The van der Waals surface area contributed by atoms with Gasteiger partial charge in [-0.1, -0.05) is 32.1 Å². The fraction of sp³-hybridized carbons (Fsp3) is 0.562. The Kier molecular flexibility index (Phi) is 4.65. The van der Waals surface area contributed by atoms with Gasteiger partial charge < -0.3 is 15.3 Å². The summed E-state index contributed by atoms with van der Waals surface area (Å²) in [7, 11) is 0. The lowest BCUT2D eigenvalue weighted by Gasteiger charge is -2.24. The van der Waals surface area contributed by atoms with Crippen molar-refractivity contribution in [3.8, 4) is 11.5 Å². The number of hydrogen-bond donors (Lipinski definition) is 3. The third-order valence-corrected chi connectivity index (χ3v) is 4.21. The van der Waals surface area contributed by atoms with Crippen molar-refractivity contribution < 1.29 is 15.3 Å². The SMILES string of the molecule is Cc1cc(=O)c(O)c(O)cc1C(O)CC1CCCCC1. The van der Waals surface area contributed by atoms with Crippen LogP contribution in [0.4, 0.5) is 0 Å². The van der Waals surface area contributed by atoms with Gasteiger partial charge in [-0.3, -0.25) is 4.79 Å². The topological polar surface area (TPSA) is 77.8 Å². The average Bonchev–Trinajstić information content (AvgIpc) is 2.52. The van der Waals surface area contributed by atoms with Gasteiger partial charge in [-0.2, -0.15) is 0 Å². The molecule has 1 aromatic carbocycles. The first-order chi connectivity index (χ1) is 9.49. The van der Waals surface area contributed by atoms with Gasteiger partial charge in [-0.25, -0.2) is 0 Å². The molecule has 1 aliphatic rings. The van der Waals surface area contributed by atoms with Crippen LogP contribution in [0.25, 0.3) is 0 Å². The van der Waals surface area contributed by atoms with E-state index in [0.717, 1.165) is 12.8 Å². The van der Waals surface area contributed by atoms with Crippen molar-refractivity contribution >= 4 is 0 Å². The van der Waals surface area contributed by atoms with Gasteiger partial charge in [0.05, 0.1) is 6.10 Å². The summed E-state index contributed by atoms with van der Waals surface area (Å²) in [6.45, 7) is 1.71. The van der Waals surface area contributed by atoms with Crippen LogP contribution in [0.3, 0.4) is 0 Å². The second-order valence-electron chi connectivity index (χ2n) is 5.78. The molecule has 1 aliphatic carbocycles. The van der Waals surface area contributed by atoms with Crippen LogP contribution in [-0.2, 0) is 0 Å². The van der Waals surface area contributed by atoms with E-state index in [0.29, 0.717) is 23.5 Å². The summed E-state index contributed by atoms with van der Waals surface area (Å²) in [6, 6.07) is 2.56. The maximum absolute atomic E-state index is 11.5. The molecule has 0 bridgehead atoms. The number of aliphatic hydroxyl groups is 1. The Bertz CT molecular complexity index is 533. The third-order valence-electron chi connectivity index (χ3n) is 4.21. The summed E-state index contributed by atoms with van der Waals surface area (Å²) in [4.78, 5) is 11.5. The van der Waals surface area contributed by atoms with Crippen LogP contribution in [0.5, 0.6) is 11.5 Å². The average molecular weight is 278 g/mol. The van der Waals surface area contributed by atoms with Crippen molar-refractivity contribution in [2.24, 2.45) is 5.92 Å². The molecule has 4 heteroatoms. The Morgan fingerprint density at radius 3 is 2.50 bits per heavy atom. The minimum absolute atomic E-state index is 0.471. The molecule has 0 amide bonds. The van der Waals surface area contributed by atoms with Crippen molar-refractivity contribution in [3.63, 3.8) is 0 Å². The molecule has 3 N–H and O–H groups in total. The van der Waals surface area contributed by atoms with E-state index in [9.17, 15) is 20.1 Å². The van der Waals surface area contributed by atoms with Crippen molar-refractivity contribution in [2.75, 3.05) is 0 Å². The quantitative estimate of drug-likeness (QED) is 0.794. The molecule has 0 spiro atoms. The molecule has 1 saturated carbocycles. The van der Waals surface area contributed by atoms with E-state index in [-0.39, 0.29) is 0 Å². The summed E-state index contributed by atoms with van der Waals surface area (Å²) < 4.78 is 0. The second kappa shape index (κ2) is 6.27. The lowest BCUT2D eigenvalue weighted by Crippen LogP contribution is -2.11. The van der Waals surface area contributed by atoms with Gasteiger partial charge in [-0.05, 0) is 42.5 Å². The van der Waals surface area contributed by atoms with E-state index in [4.69, 9.17) is 0 Å². The normalized spacial score (nSPS) is 17.9. The predicted octanol–water partition coefficient (Wildman–Crippen LogP) is 2.77. The molecule has 1 fully saturated rings. The summed E-state index contributed by atoms with van der Waals surface area (Å²) in [5, 5.41) is 29.5. The van der Waals surface area contributed by atoms with Gasteiger partial charge >= 0.3 is 0 Å². The molecule has 0 aliphatic heterocycles. The lowest BCUT2D eigenvalue weighted by molar-refractivity contribution is 0.130. The van der Waals surface area contributed by atoms with E-state index in [1.54, 1.807) is 6.92 Å². The zero-order chi connectivity index (χ0) is 14.7. The smallest absolute Gasteiger partial charge is 0.224 e. The minimum Gasteiger partial charge on any atom is -0.504 e. The standard InChI is InChI=1S/C16H22O4/c1-10-7-14(18)16(20)15(19)9-12(10)13(17)8-11-5-3-2-4-6-11/h7,9,11,13,17H,2-6,8H2,1H3,(H2,18,19,20). The first kappa shape index (κ1) is 14.9. The number of rotatable bonds is 3. The molecular weight excluding hydrogens is 256 g/mol. The Hall–Kier alpha value is -1.55. The highest BCUT2D eigenvalue weighted by atomic mass is 16.3. The third kappa shape index (κ3) is 3.31. The van der Waals surface area contributed by atoms with Crippen LogP contribution in [-0.4, -0.2) is 15.3 Å². The highest BCUT2D eigenvalue weighted by Crippen LogP contribution is 2.34. The summed E-state index contributed by atoms with van der Waals surface area (Å²) >= 11 is 0. The summed E-state index contributed by atoms with van der Waals surface area (Å²) in [6.07, 6.45) is 5.85. The maximum atomic E-state index is 11.5. The van der Waals surface area contributed by atoms with Crippen molar-refractivity contribution in [1.29, 1.82) is 0 Å². The number of aryl methyl sites for hydroxylation is 1. The highest BCUT2D eigenvalue weighted by molar-refractivity contribution is 5.42. The van der Waals surface area contributed by atoms with E-state index >= 15 is 0 Å². The molecule has 1 aromatic rings. The molecule has 20 heavy (non-hydrogen) atoms. The Morgan fingerprint density at radius 1 is 1.20 bits per heavy atom. The summed E-state index contributed by atoms with van der Waals surface area (Å²) in [5.41, 5.74) is 0.482. The van der Waals surface area contributed by atoms with Gasteiger partial charge in [-0.15, -0.1) is 0 Å². The summed E-state index contributed by atoms with van der Waals surface area (Å²) in [5.74, 6) is -0.642. The van der Waals surface area contributed by atoms with Crippen molar-refractivity contribution in [1.82, 2.24) is 0 Å². The highest BCUT2D eigenvalue weighted by Gasteiger charge is 2.20. The Morgan fingerprint density at radius 2 is 1.85 bits per heavy atom. The molecule has 1 unspecified atom stereocenters. The van der Waals surface area contributed by atoms with E-state index < -0.39 is 23.0 Å². The van der Waals surface area contributed by atoms with Gasteiger partial charge in [0.1, 0.15) is 0 Å². The van der Waals surface area contributed by atoms with E-state index in [1.165, 1.54) is 31.4 Å². The van der Waals surface area contributed by atoms with Crippen LogP contribution in [0, 0.1) is 12.8 Å². The lowest BCUT2D eigenvalue weighted by atomic mass is 9.84. The fourth-order valence-corrected chi connectivity index (χ4v) is 3.03. The fourth-order valence-electron chi connectivity index (χ4n) is 3.03. The van der Waals surface area contributed by atoms with Crippen LogP contribution < -0.4 is 5.43 Å². The van der Waals surface area contributed by atoms with Gasteiger partial charge in [0.2, 0.25) is 11.2 Å². The molecule has 0 aromatic heterocycles. The van der Waals surface area contributed by atoms with Crippen molar-refractivity contribution in [2.45, 2.75) is 51.6 Å². The molecule has 0 saturated heterocycles. The monoisotopic (exact) mass is 278 g/mol. The van der Waals surface area contributed by atoms with Gasteiger partial charge in [0, 0.05) is 0 Å². The maximum Gasteiger partial charge on any atom is 0.224 e. The van der Waals surface area contributed by atoms with Crippen LogP contribution in [0.2, 0.25) is 0 Å². The molecular formula is C16H22O4. The Balaban J connectivity index is 2.25. The largest absolute Gasteiger partial charge is 0.504 e. The number of aliphatic hydroxyl groups excluding tert-OH is 1. The van der Waals surface area contributed by atoms with Gasteiger partial charge in [0.25, 0.3) is 0 Å². The number of aromatic hydroxyl groups is 2. The zero-order valence-corrected chi connectivity index (χ0v) is 11.8. The first-order valence-corrected chi connectivity index (χ1v) is 7.24. The molecule has 0 heterocycles. The molecule has 2 rings (SSSR count). The number of hydrogen-bond acceptors (Lipinski definition) is 4. The molecule has 1 atom stereocenters. The second-order valence-corrected chi connectivity index (χ2v) is 5.78. The zero-order valence-electron chi connectivity index (χ0n) is 11.8. The minimum atomic E-state index is -0.713.